The summed E-state index contributed by atoms with van der Waals surface area (Å²) in [6.45, 7) is 8.58. The maximum absolute atomic E-state index is 10.2. The van der Waals surface area contributed by atoms with Crippen LogP contribution in [0.2, 0.25) is 0 Å². The van der Waals surface area contributed by atoms with Gasteiger partial charge in [0.1, 0.15) is 11.5 Å². The van der Waals surface area contributed by atoms with E-state index in [1.165, 1.54) is 11.1 Å². The fourth-order valence-electron chi connectivity index (χ4n) is 3.85. The van der Waals surface area contributed by atoms with E-state index in [4.69, 9.17) is 9.98 Å². The molecule has 3 rings (SSSR count). The number of benzene rings is 2. The highest BCUT2D eigenvalue weighted by atomic mass is 16.3. The molecule has 2 atom stereocenters. The second kappa shape index (κ2) is 9.92. The van der Waals surface area contributed by atoms with Crippen LogP contribution < -0.4 is 0 Å². The van der Waals surface area contributed by atoms with Gasteiger partial charge in [-0.15, -0.1) is 0 Å². The Bertz CT molecular complexity index is 842. The first-order valence-electron chi connectivity index (χ1n) is 11.1. The van der Waals surface area contributed by atoms with Crippen molar-refractivity contribution in [2.75, 3.05) is 0 Å². The number of nitrogens with zero attached hydrogens (tertiary/aromatic N) is 2. The minimum absolute atomic E-state index is 0.207. The number of phenolic OH excluding ortho intramolecular Hbond substituents is 2. The van der Waals surface area contributed by atoms with E-state index >= 15 is 0 Å². The molecule has 4 heteroatoms. The van der Waals surface area contributed by atoms with Crippen molar-refractivity contribution in [3.05, 3.63) is 58.7 Å². The summed E-state index contributed by atoms with van der Waals surface area (Å²) in [6, 6.07) is 11.9. The molecule has 0 aromatic heterocycles. The Hall–Kier alpha value is -2.62. The van der Waals surface area contributed by atoms with Crippen molar-refractivity contribution in [1.29, 1.82) is 0 Å². The van der Waals surface area contributed by atoms with E-state index in [0.29, 0.717) is 11.8 Å². The zero-order valence-electron chi connectivity index (χ0n) is 18.5. The third kappa shape index (κ3) is 5.71. The van der Waals surface area contributed by atoms with Gasteiger partial charge in [0.25, 0.3) is 0 Å². The van der Waals surface area contributed by atoms with Crippen LogP contribution in [-0.4, -0.2) is 34.7 Å². The molecule has 0 spiro atoms. The molecule has 0 amide bonds. The summed E-state index contributed by atoms with van der Waals surface area (Å²) in [4.78, 5) is 9.53. The predicted octanol–water partition coefficient (Wildman–Crippen LogP) is 6.19. The molecule has 0 bridgehead atoms. The summed E-state index contributed by atoms with van der Waals surface area (Å²) in [5.74, 6) is 1.37. The lowest BCUT2D eigenvalue weighted by Gasteiger charge is -2.24. The molecule has 30 heavy (non-hydrogen) atoms. The van der Waals surface area contributed by atoms with Crippen molar-refractivity contribution in [3.8, 4) is 11.5 Å². The molecule has 1 saturated carbocycles. The van der Waals surface area contributed by atoms with Crippen LogP contribution in [0.25, 0.3) is 0 Å². The average molecular weight is 407 g/mol. The minimum atomic E-state index is 0.207. The lowest BCUT2D eigenvalue weighted by molar-refractivity contribution is 0.397. The summed E-state index contributed by atoms with van der Waals surface area (Å²) in [7, 11) is 0. The van der Waals surface area contributed by atoms with E-state index in [9.17, 15) is 10.2 Å². The summed E-state index contributed by atoms with van der Waals surface area (Å²) < 4.78 is 0. The van der Waals surface area contributed by atoms with E-state index in [1.807, 2.05) is 36.7 Å². The predicted molar refractivity (Wildman–Crippen MR) is 126 cm³/mol. The van der Waals surface area contributed by atoms with Crippen LogP contribution >= 0.6 is 0 Å². The Morgan fingerprint density at radius 1 is 0.767 bits per heavy atom. The highest BCUT2D eigenvalue weighted by Crippen LogP contribution is 2.27. The third-order valence-corrected chi connectivity index (χ3v) is 5.90. The number of hydrogen-bond acceptors (Lipinski definition) is 4. The zero-order valence-corrected chi connectivity index (χ0v) is 18.5. The molecule has 0 radical (unpaired) electrons. The Labute approximate surface area is 180 Å². The monoisotopic (exact) mass is 406 g/mol. The van der Waals surface area contributed by atoms with Gasteiger partial charge in [-0.1, -0.05) is 39.8 Å². The molecular weight excluding hydrogens is 372 g/mol. The molecule has 0 aliphatic heterocycles. The van der Waals surface area contributed by atoms with E-state index in [2.05, 4.69) is 27.7 Å². The van der Waals surface area contributed by atoms with E-state index in [1.54, 1.807) is 12.1 Å². The molecule has 4 nitrogen and oxygen atoms in total. The van der Waals surface area contributed by atoms with Gasteiger partial charge in [0.2, 0.25) is 0 Å². The summed E-state index contributed by atoms with van der Waals surface area (Å²) >= 11 is 0. The lowest BCUT2D eigenvalue weighted by Crippen LogP contribution is -2.21. The van der Waals surface area contributed by atoms with Crippen molar-refractivity contribution >= 4 is 12.4 Å². The zero-order chi connectivity index (χ0) is 21.7. The average Bonchev–Trinajstić information content (AvgIpc) is 2.72. The van der Waals surface area contributed by atoms with Gasteiger partial charge in [-0.05, 0) is 72.9 Å². The molecule has 1 aliphatic rings. The van der Waals surface area contributed by atoms with Gasteiger partial charge in [-0.25, -0.2) is 0 Å². The van der Waals surface area contributed by atoms with Crippen LogP contribution in [0.5, 0.6) is 11.5 Å². The molecule has 2 aromatic carbocycles. The van der Waals surface area contributed by atoms with Gasteiger partial charge in [-0.2, -0.15) is 0 Å². The van der Waals surface area contributed by atoms with E-state index < -0.39 is 0 Å². The normalized spacial score (nSPS) is 20.1. The maximum Gasteiger partial charge on any atom is 0.124 e. The van der Waals surface area contributed by atoms with Gasteiger partial charge >= 0.3 is 0 Å². The molecule has 1 fully saturated rings. The lowest BCUT2D eigenvalue weighted by atomic mass is 9.91. The topological polar surface area (TPSA) is 65.2 Å². The number of rotatable bonds is 6. The van der Waals surface area contributed by atoms with Crippen molar-refractivity contribution in [3.63, 3.8) is 0 Å². The second-order valence-corrected chi connectivity index (χ2v) is 8.98. The first kappa shape index (κ1) is 22.1. The van der Waals surface area contributed by atoms with Gasteiger partial charge < -0.3 is 10.2 Å². The number of hydrogen-bond donors (Lipinski definition) is 2. The van der Waals surface area contributed by atoms with Crippen molar-refractivity contribution in [2.24, 2.45) is 9.98 Å². The van der Waals surface area contributed by atoms with E-state index in [0.717, 1.165) is 36.8 Å². The largest absolute Gasteiger partial charge is 0.507 e. The summed E-state index contributed by atoms with van der Waals surface area (Å²) in [5.41, 5.74) is 3.96. The van der Waals surface area contributed by atoms with E-state index in [-0.39, 0.29) is 23.6 Å². The third-order valence-electron chi connectivity index (χ3n) is 5.90. The molecule has 2 unspecified atom stereocenters. The number of aromatic hydroxyl groups is 2. The first-order chi connectivity index (χ1) is 14.3. The standard InChI is InChI=1S/C26H34N2O2/c1-17(2)19-8-10-25(29)21(12-19)15-27-23-6-5-7-24(14-23)28-16-22-13-20(18(3)4)9-11-26(22)30/h8-13,15-18,23-24,29-30H,5-7,14H2,1-4H3. The SMILES string of the molecule is CC(C)c1ccc(O)c(C=NC2CCCC(N=Cc3cc(C(C)C)ccc3O)C2)c1. The Kier molecular flexibility index (Phi) is 7.30. The Morgan fingerprint density at radius 2 is 1.20 bits per heavy atom. The van der Waals surface area contributed by atoms with Crippen LogP contribution in [0.4, 0.5) is 0 Å². The molecule has 1 aliphatic carbocycles. The maximum atomic E-state index is 10.2. The fraction of sp³-hybridized carbons (Fsp3) is 0.462. The van der Waals surface area contributed by atoms with Crippen molar-refractivity contribution < 1.29 is 10.2 Å². The van der Waals surface area contributed by atoms with Gasteiger partial charge in [0, 0.05) is 23.6 Å². The Balaban J connectivity index is 1.68. The van der Waals surface area contributed by atoms with Crippen molar-refractivity contribution in [1.82, 2.24) is 0 Å². The van der Waals surface area contributed by atoms with Crippen LogP contribution in [0.1, 0.15) is 87.5 Å². The van der Waals surface area contributed by atoms with Crippen LogP contribution in [0.15, 0.2) is 46.4 Å². The number of phenols is 2. The fourth-order valence-corrected chi connectivity index (χ4v) is 3.85. The number of aliphatic imine (C=N–C) groups is 2. The van der Waals surface area contributed by atoms with Gasteiger partial charge in [0.15, 0.2) is 0 Å². The molecule has 2 N–H and O–H groups in total. The van der Waals surface area contributed by atoms with Crippen LogP contribution in [-0.2, 0) is 0 Å². The smallest absolute Gasteiger partial charge is 0.124 e. The highest BCUT2D eigenvalue weighted by molar-refractivity contribution is 5.84. The minimum Gasteiger partial charge on any atom is -0.507 e. The molecule has 0 heterocycles. The molecule has 160 valence electrons. The second-order valence-electron chi connectivity index (χ2n) is 8.98. The van der Waals surface area contributed by atoms with Gasteiger partial charge in [-0.3, -0.25) is 9.98 Å². The van der Waals surface area contributed by atoms with Crippen LogP contribution in [0.3, 0.4) is 0 Å². The highest BCUT2D eigenvalue weighted by Gasteiger charge is 2.20. The molecular formula is C26H34N2O2. The van der Waals surface area contributed by atoms with Crippen molar-refractivity contribution in [2.45, 2.75) is 77.3 Å². The molecule has 0 saturated heterocycles. The van der Waals surface area contributed by atoms with Crippen LogP contribution in [0, 0.1) is 0 Å². The summed E-state index contributed by atoms with van der Waals surface area (Å²) in [6.07, 6.45) is 7.69. The molecule has 2 aromatic rings. The van der Waals surface area contributed by atoms with Gasteiger partial charge in [0.05, 0.1) is 12.1 Å². The summed E-state index contributed by atoms with van der Waals surface area (Å²) in [5, 5.41) is 20.3. The Morgan fingerprint density at radius 3 is 1.60 bits per heavy atom. The first-order valence-corrected chi connectivity index (χ1v) is 11.1. The quantitative estimate of drug-likeness (QED) is 0.561.